The van der Waals surface area contributed by atoms with E-state index in [0.717, 1.165) is 16.7 Å². The molecule has 0 spiro atoms. The Morgan fingerprint density at radius 1 is 1.33 bits per heavy atom. The van der Waals surface area contributed by atoms with Crippen LogP contribution < -0.4 is 5.32 Å². The molecule has 0 saturated carbocycles. The summed E-state index contributed by atoms with van der Waals surface area (Å²) in [6.07, 6.45) is 0. The summed E-state index contributed by atoms with van der Waals surface area (Å²) >= 11 is 0. The second kappa shape index (κ2) is 6.92. The second-order valence-electron chi connectivity index (χ2n) is 5.21. The average molecular weight is 290 g/mol. The Bertz CT molecular complexity index is 579. The Balaban J connectivity index is 3.09. The molecule has 1 aromatic carbocycles. The van der Waals surface area contributed by atoms with Gasteiger partial charge in [-0.2, -0.15) is 0 Å². The van der Waals surface area contributed by atoms with Crippen LogP contribution in [0.25, 0.3) is 0 Å². The van der Waals surface area contributed by atoms with Crippen LogP contribution in [0.3, 0.4) is 0 Å². The molecule has 0 aliphatic heterocycles. The highest BCUT2D eigenvalue weighted by Crippen LogP contribution is 2.23. The lowest BCUT2D eigenvalue weighted by atomic mass is 10.0. The van der Waals surface area contributed by atoms with E-state index in [1.165, 1.54) is 0 Å². The quantitative estimate of drug-likeness (QED) is 0.816. The summed E-state index contributed by atoms with van der Waals surface area (Å²) < 4.78 is 0. The highest BCUT2D eigenvalue weighted by molar-refractivity contribution is 6.01. The SMILES string of the molecule is C=C(C)CN(CC)C(=O)Nc1c(C)cc(C)cc1C(=O)O. The van der Waals surface area contributed by atoms with Gasteiger partial charge in [-0.05, 0) is 44.9 Å². The molecule has 2 N–H and O–H groups in total. The molecule has 5 nitrogen and oxygen atoms in total. The summed E-state index contributed by atoms with van der Waals surface area (Å²) in [5.74, 6) is -1.06. The van der Waals surface area contributed by atoms with Crippen LogP contribution in [0, 0.1) is 13.8 Å². The fraction of sp³-hybridized carbons (Fsp3) is 0.375. The fourth-order valence-electron chi connectivity index (χ4n) is 2.14. The predicted octanol–water partition coefficient (Wildman–Crippen LogP) is 3.43. The summed E-state index contributed by atoms with van der Waals surface area (Å²) in [5.41, 5.74) is 2.89. The van der Waals surface area contributed by atoms with Crippen LogP contribution >= 0.6 is 0 Å². The van der Waals surface area contributed by atoms with E-state index in [2.05, 4.69) is 11.9 Å². The van der Waals surface area contributed by atoms with E-state index in [9.17, 15) is 14.7 Å². The molecule has 5 heteroatoms. The standard InChI is InChI=1S/C16H22N2O3/c1-6-18(9-10(2)3)16(21)17-14-12(5)7-11(4)8-13(14)15(19)20/h7-8H,2,6,9H2,1,3-5H3,(H,17,21)(H,19,20). The highest BCUT2D eigenvalue weighted by atomic mass is 16.4. The minimum Gasteiger partial charge on any atom is -0.478 e. The Morgan fingerprint density at radius 3 is 2.43 bits per heavy atom. The number of nitrogens with one attached hydrogen (secondary N) is 1. The lowest BCUT2D eigenvalue weighted by Crippen LogP contribution is -2.36. The van der Waals surface area contributed by atoms with Crippen molar-refractivity contribution in [2.24, 2.45) is 0 Å². The maximum absolute atomic E-state index is 12.3. The average Bonchev–Trinajstić information content (AvgIpc) is 2.37. The minimum absolute atomic E-state index is 0.104. The number of hydrogen-bond donors (Lipinski definition) is 2. The summed E-state index contributed by atoms with van der Waals surface area (Å²) in [5, 5.41) is 12.0. The molecular weight excluding hydrogens is 268 g/mol. The van der Waals surface area contributed by atoms with Crippen molar-refractivity contribution in [2.45, 2.75) is 27.7 Å². The number of carbonyl (C=O) groups excluding carboxylic acids is 1. The monoisotopic (exact) mass is 290 g/mol. The van der Waals surface area contributed by atoms with E-state index in [1.54, 1.807) is 17.9 Å². The summed E-state index contributed by atoms with van der Waals surface area (Å²) in [6, 6.07) is 3.08. The lowest BCUT2D eigenvalue weighted by Gasteiger charge is -2.23. The summed E-state index contributed by atoms with van der Waals surface area (Å²) in [7, 11) is 0. The number of anilines is 1. The third kappa shape index (κ3) is 4.34. The van der Waals surface area contributed by atoms with Gasteiger partial charge in [-0.15, -0.1) is 0 Å². The number of nitrogens with zero attached hydrogens (tertiary/aromatic N) is 1. The third-order valence-corrected chi connectivity index (χ3v) is 3.07. The molecule has 0 saturated heterocycles. The van der Waals surface area contributed by atoms with Crippen LogP contribution in [-0.2, 0) is 0 Å². The van der Waals surface area contributed by atoms with Crippen molar-refractivity contribution in [3.8, 4) is 0 Å². The molecule has 0 bridgehead atoms. The van der Waals surface area contributed by atoms with E-state index in [0.29, 0.717) is 18.8 Å². The van der Waals surface area contributed by atoms with Gasteiger partial charge in [0.1, 0.15) is 0 Å². The largest absolute Gasteiger partial charge is 0.478 e. The topological polar surface area (TPSA) is 69.6 Å². The van der Waals surface area contributed by atoms with Crippen molar-refractivity contribution in [3.05, 3.63) is 41.0 Å². The number of carbonyl (C=O) groups is 2. The first-order chi connectivity index (χ1) is 9.76. The second-order valence-corrected chi connectivity index (χ2v) is 5.21. The number of hydrogen-bond acceptors (Lipinski definition) is 2. The zero-order valence-electron chi connectivity index (χ0n) is 13.0. The number of benzene rings is 1. The molecular formula is C16H22N2O3. The molecule has 1 rings (SSSR count). The van der Waals surface area contributed by atoms with Gasteiger partial charge in [-0.25, -0.2) is 9.59 Å². The molecule has 0 heterocycles. The molecule has 0 fully saturated rings. The Hall–Kier alpha value is -2.30. The van der Waals surface area contributed by atoms with Gasteiger partial charge in [0.15, 0.2) is 0 Å². The molecule has 0 radical (unpaired) electrons. The van der Waals surface area contributed by atoms with Crippen LogP contribution in [0.2, 0.25) is 0 Å². The summed E-state index contributed by atoms with van der Waals surface area (Å²) in [6.45, 7) is 12.1. The number of aryl methyl sites for hydroxylation is 2. The van der Waals surface area contributed by atoms with E-state index in [4.69, 9.17) is 0 Å². The fourth-order valence-corrected chi connectivity index (χ4v) is 2.14. The molecule has 0 aliphatic rings. The minimum atomic E-state index is -1.06. The molecule has 0 aliphatic carbocycles. The van der Waals surface area contributed by atoms with Gasteiger partial charge in [0.2, 0.25) is 0 Å². The third-order valence-electron chi connectivity index (χ3n) is 3.07. The Kier molecular flexibility index (Phi) is 5.52. The van der Waals surface area contributed by atoms with E-state index < -0.39 is 5.97 Å². The van der Waals surface area contributed by atoms with Crippen LogP contribution in [0.15, 0.2) is 24.3 Å². The summed E-state index contributed by atoms with van der Waals surface area (Å²) in [4.78, 5) is 25.2. The van der Waals surface area contributed by atoms with Gasteiger partial charge in [0, 0.05) is 13.1 Å². The first-order valence-corrected chi connectivity index (χ1v) is 6.81. The van der Waals surface area contributed by atoms with Gasteiger partial charge >= 0.3 is 12.0 Å². The van der Waals surface area contributed by atoms with E-state index in [-0.39, 0.29) is 11.6 Å². The van der Waals surface area contributed by atoms with Crippen molar-refractivity contribution in [2.75, 3.05) is 18.4 Å². The molecule has 21 heavy (non-hydrogen) atoms. The number of amides is 2. The van der Waals surface area contributed by atoms with E-state index >= 15 is 0 Å². The molecule has 0 unspecified atom stereocenters. The first-order valence-electron chi connectivity index (χ1n) is 6.81. The van der Waals surface area contributed by atoms with Crippen LogP contribution in [0.4, 0.5) is 10.5 Å². The Morgan fingerprint density at radius 2 is 1.95 bits per heavy atom. The number of carboxylic acid groups (broad SMARTS) is 1. The molecule has 0 atom stereocenters. The number of rotatable bonds is 5. The zero-order chi connectivity index (χ0) is 16.2. The number of urea groups is 1. The number of carboxylic acids is 1. The maximum Gasteiger partial charge on any atom is 0.337 e. The van der Waals surface area contributed by atoms with Gasteiger partial charge < -0.3 is 15.3 Å². The normalized spacial score (nSPS) is 10.1. The Labute approximate surface area is 125 Å². The molecule has 2 amide bonds. The smallest absolute Gasteiger partial charge is 0.337 e. The van der Waals surface area contributed by atoms with Crippen molar-refractivity contribution in [3.63, 3.8) is 0 Å². The lowest BCUT2D eigenvalue weighted by molar-refractivity contribution is 0.0698. The van der Waals surface area contributed by atoms with Crippen LogP contribution in [0.5, 0.6) is 0 Å². The molecule has 114 valence electrons. The van der Waals surface area contributed by atoms with Gasteiger partial charge in [-0.3, -0.25) is 0 Å². The van der Waals surface area contributed by atoms with Gasteiger partial charge in [0.05, 0.1) is 11.3 Å². The first kappa shape index (κ1) is 16.8. The maximum atomic E-state index is 12.3. The van der Waals surface area contributed by atoms with Gasteiger partial charge in [-0.1, -0.05) is 18.2 Å². The number of likely N-dealkylation sites (N-methyl/N-ethyl adjacent to an activating group) is 1. The van der Waals surface area contributed by atoms with Crippen molar-refractivity contribution in [1.29, 1.82) is 0 Å². The van der Waals surface area contributed by atoms with Crippen molar-refractivity contribution >= 4 is 17.7 Å². The molecule has 0 aromatic heterocycles. The van der Waals surface area contributed by atoms with Crippen LogP contribution in [-0.4, -0.2) is 35.1 Å². The van der Waals surface area contributed by atoms with Gasteiger partial charge in [0.25, 0.3) is 0 Å². The van der Waals surface area contributed by atoms with Crippen molar-refractivity contribution < 1.29 is 14.7 Å². The zero-order valence-corrected chi connectivity index (χ0v) is 13.0. The highest BCUT2D eigenvalue weighted by Gasteiger charge is 2.18. The number of aromatic carboxylic acids is 1. The molecule has 1 aromatic rings. The van der Waals surface area contributed by atoms with Crippen LogP contribution in [0.1, 0.15) is 35.3 Å². The predicted molar refractivity (Wildman–Crippen MR) is 84.0 cm³/mol. The van der Waals surface area contributed by atoms with E-state index in [1.807, 2.05) is 26.8 Å². The van der Waals surface area contributed by atoms with Crippen molar-refractivity contribution in [1.82, 2.24) is 4.90 Å².